The van der Waals surface area contributed by atoms with E-state index in [9.17, 15) is 9.59 Å². The van der Waals surface area contributed by atoms with Crippen molar-refractivity contribution in [2.75, 3.05) is 11.9 Å². The second kappa shape index (κ2) is 7.85. The molecule has 2 amide bonds. The third kappa shape index (κ3) is 5.47. The van der Waals surface area contributed by atoms with E-state index in [0.717, 1.165) is 5.56 Å². The average molecular weight is 353 g/mol. The Labute approximate surface area is 143 Å². The average Bonchev–Trinajstić information content (AvgIpc) is 2.50. The molecule has 0 spiro atoms. The summed E-state index contributed by atoms with van der Waals surface area (Å²) >= 11 is 11.8. The van der Waals surface area contributed by atoms with E-state index < -0.39 is 5.91 Å². The quantitative estimate of drug-likeness (QED) is 0.838. The Morgan fingerprint density at radius 1 is 1.04 bits per heavy atom. The van der Waals surface area contributed by atoms with Gasteiger partial charge in [-0.15, -0.1) is 0 Å². The normalized spacial score (nSPS) is 10.2. The molecule has 0 aliphatic rings. The molecule has 120 valence electrons. The van der Waals surface area contributed by atoms with E-state index in [4.69, 9.17) is 33.7 Å². The Hall–Kier alpha value is -2.24. The van der Waals surface area contributed by atoms with Gasteiger partial charge in [-0.1, -0.05) is 29.3 Å². The minimum atomic E-state index is -0.552. The zero-order valence-electron chi connectivity index (χ0n) is 12.0. The summed E-state index contributed by atoms with van der Waals surface area (Å²) in [5, 5.41) is 3.61. The number of anilines is 1. The number of carbonyl (C=O) groups excluding carboxylic acids is 2. The summed E-state index contributed by atoms with van der Waals surface area (Å²) in [6.45, 7) is -0.191. The molecule has 0 aliphatic carbocycles. The molecule has 0 fully saturated rings. The molecular weight excluding hydrogens is 339 g/mol. The molecule has 2 aromatic carbocycles. The van der Waals surface area contributed by atoms with Gasteiger partial charge in [-0.25, -0.2) is 0 Å². The second-order valence-corrected chi connectivity index (χ2v) is 5.57. The highest BCUT2D eigenvalue weighted by molar-refractivity contribution is 6.42. The number of primary amides is 1. The molecule has 2 aromatic rings. The van der Waals surface area contributed by atoms with Gasteiger partial charge in [-0.2, -0.15) is 0 Å². The number of carbonyl (C=O) groups is 2. The summed E-state index contributed by atoms with van der Waals surface area (Å²) in [6, 6.07) is 11.7. The fraction of sp³-hybridized carbons (Fsp3) is 0.125. The number of rotatable bonds is 6. The molecule has 23 heavy (non-hydrogen) atoms. The second-order valence-electron chi connectivity index (χ2n) is 4.75. The molecule has 2 rings (SSSR count). The summed E-state index contributed by atoms with van der Waals surface area (Å²) < 4.78 is 5.13. The van der Waals surface area contributed by atoms with Crippen molar-refractivity contribution in [3.8, 4) is 5.75 Å². The first kappa shape index (κ1) is 17.1. The van der Waals surface area contributed by atoms with Gasteiger partial charge >= 0.3 is 0 Å². The number of nitrogens with one attached hydrogen (secondary N) is 1. The molecule has 5 nitrogen and oxygen atoms in total. The van der Waals surface area contributed by atoms with E-state index in [-0.39, 0.29) is 18.9 Å². The maximum absolute atomic E-state index is 12.0. The third-order valence-electron chi connectivity index (χ3n) is 2.87. The zero-order valence-corrected chi connectivity index (χ0v) is 13.5. The lowest BCUT2D eigenvalue weighted by molar-refractivity contribution is -0.120. The van der Waals surface area contributed by atoms with E-state index >= 15 is 0 Å². The van der Waals surface area contributed by atoms with Crippen LogP contribution in [0.5, 0.6) is 5.75 Å². The van der Waals surface area contributed by atoms with Crippen LogP contribution in [0, 0.1) is 0 Å². The molecule has 0 heterocycles. The van der Waals surface area contributed by atoms with Gasteiger partial charge in [-0.3, -0.25) is 9.59 Å². The minimum absolute atomic E-state index is 0.177. The van der Waals surface area contributed by atoms with Crippen molar-refractivity contribution in [2.24, 2.45) is 5.73 Å². The lowest BCUT2D eigenvalue weighted by Crippen LogP contribution is -2.20. The first-order valence-corrected chi connectivity index (χ1v) is 7.44. The van der Waals surface area contributed by atoms with Crippen LogP contribution in [-0.2, 0) is 16.0 Å². The molecule has 0 aliphatic heterocycles. The van der Waals surface area contributed by atoms with Gasteiger partial charge in [0.1, 0.15) is 5.75 Å². The van der Waals surface area contributed by atoms with Crippen LogP contribution in [0.3, 0.4) is 0 Å². The molecule has 0 atom stereocenters. The van der Waals surface area contributed by atoms with Gasteiger partial charge in [0, 0.05) is 5.69 Å². The van der Waals surface area contributed by atoms with Crippen LogP contribution in [0.25, 0.3) is 0 Å². The van der Waals surface area contributed by atoms with E-state index in [1.54, 1.807) is 42.5 Å². The number of amides is 2. The van der Waals surface area contributed by atoms with Gasteiger partial charge < -0.3 is 15.8 Å². The summed E-state index contributed by atoms with van der Waals surface area (Å²) in [6.07, 6.45) is 0.177. The zero-order chi connectivity index (χ0) is 16.8. The molecule has 0 aromatic heterocycles. The number of hydrogen-bond donors (Lipinski definition) is 2. The molecule has 0 saturated carbocycles. The van der Waals surface area contributed by atoms with Crippen molar-refractivity contribution in [1.82, 2.24) is 0 Å². The first-order chi connectivity index (χ1) is 10.9. The van der Waals surface area contributed by atoms with E-state index in [1.165, 1.54) is 0 Å². The van der Waals surface area contributed by atoms with E-state index in [1.807, 2.05) is 0 Å². The fourth-order valence-corrected chi connectivity index (χ4v) is 2.15. The van der Waals surface area contributed by atoms with Gasteiger partial charge in [0.15, 0.2) is 6.61 Å². The lowest BCUT2D eigenvalue weighted by Gasteiger charge is -2.08. The van der Waals surface area contributed by atoms with Crippen LogP contribution in [0.2, 0.25) is 10.0 Å². The van der Waals surface area contributed by atoms with Gasteiger partial charge in [0.2, 0.25) is 5.91 Å². The molecular formula is C16H14Cl2N2O3. The lowest BCUT2D eigenvalue weighted by atomic mass is 10.1. The molecule has 3 N–H and O–H groups in total. The predicted molar refractivity (Wildman–Crippen MR) is 89.9 cm³/mol. The van der Waals surface area contributed by atoms with Gasteiger partial charge in [0.05, 0.1) is 16.5 Å². The standard InChI is InChI=1S/C16H14Cl2N2O3/c17-13-6-1-10(7-14(13)18)8-16(22)20-11-2-4-12(5-3-11)23-9-15(19)21/h1-7H,8-9H2,(H2,19,21)(H,20,22). The van der Waals surface area contributed by atoms with Crippen molar-refractivity contribution in [3.05, 3.63) is 58.1 Å². The Kier molecular flexibility index (Phi) is 5.84. The number of nitrogens with two attached hydrogens (primary N) is 1. The summed E-state index contributed by atoms with van der Waals surface area (Å²) in [4.78, 5) is 22.6. The van der Waals surface area contributed by atoms with Crippen LogP contribution in [0.15, 0.2) is 42.5 Å². The number of hydrogen-bond acceptors (Lipinski definition) is 3. The Balaban J connectivity index is 1.92. The summed E-state index contributed by atoms with van der Waals surface area (Å²) in [7, 11) is 0. The number of ether oxygens (including phenoxy) is 1. The molecule has 7 heteroatoms. The first-order valence-electron chi connectivity index (χ1n) is 6.69. The number of halogens is 2. The van der Waals surface area contributed by atoms with Crippen LogP contribution < -0.4 is 15.8 Å². The van der Waals surface area contributed by atoms with Crippen LogP contribution >= 0.6 is 23.2 Å². The topological polar surface area (TPSA) is 81.4 Å². The largest absolute Gasteiger partial charge is 0.484 e. The number of benzene rings is 2. The van der Waals surface area contributed by atoms with Gasteiger partial charge in [0.25, 0.3) is 5.91 Å². The monoisotopic (exact) mass is 352 g/mol. The predicted octanol–water partition coefficient (Wildman–Crippen LogP) is 3.04. The molecule has 0 bridgehead atoms. The maximum Gasteiger partial charge on any atom is 0.255 e. The van der Waals surface area contributed by atoms with Crippen molar-refractivity contribution in [2.45, 2.75) is 6.42 Å². The Bertz CT molecular complexity index is 718. The highest BCUT2D eigenvalue weighted by Crippen LogP contribution is 2.23. The molecule has 0 radical (unpaired) electrons. The smallest absolute Gasteiger partial charge is 0.255 e. The van der Waals surface area contributed by atoms with Crippen molar-refractivity contribution < 1.29 is 14.3 Å². The van der Waals surface area contributed by atoms with Gasteiger partial charge in [-0.05, 0) is 42.0 Å². The van der Waals surface area contributed by atoms with Crippen LogP contribution in [-0.4, -0.2) is 18.4 Å². The maximum atomic E-state index is 12.0. The van der Waals surface area contributed by atoms with Crippen LogP contribution in [0.1, 0.15) is 5.56 Å². The highest BCUT2D eigenvalue weighted by Gasteiger charge is 2.07. The summed E-state index contributed by atoms with van der Waals surface area (Å²) in [5.41, 5.74) is 6.37. The van der Waals surface area contributed by atoms with Crippen LogP contribution in [0.4, 0.5) is 5.69 Å². The minimum Gasteiger partial charge on any atom is -0.484 e. The van der Waals surface area contributed by atoms with Crippen molar-refractivity contribution >= 4 is 40.7 Å². The SMILES string of the molecule is NC(=O)COc1ccc(NC(=O)Cc2ccc(Cl)c(Cl)c2)cc1. The fourth-order valence-electron chi connectivity index (χ4n) is 1.83. The molecule has 0 saturated heterocycles. The third-order valence-corrected chi connectivity index (χ3v) is 3.61. The molecule has 0 unspecified atom stereocenters. The Morgan fingerprint density at radius 2 is 1.74 bits per heavy atom. The van der Waals surface area contributed by atoms with Crippen molar-refractivity contribution in [3.63, 3.8) is 0 Å². The van der Waals surface area contributed by atoms with E-state index in [0.29, 0.717) is 21.5 Å². The van der Waals surface area contributed by atoms with E-state index in [2.05, 4.69) is 5.32 Å². The summed E-state index contributed by atoms with van der Waals surface area (Å²) in [5.74, 6) is -0.246. The highest BCUT2D eigenvalue weighted by atomic mass is 35.5. The van der Waals surface area contributed by atoms with Crippen molar-refractivity contribution in [1.29, 1.82) is 0 Å². The Morgan fingerprint density at radius 3 is 2.35 bits per heavy atom.